The average molecular weight is 279 g/mol. The quantitative estimate of drug-likeness (QED) is 0.781. The van der Waals surface area contributed by atoms with Crippen LogP contribution in [0.4, 0.5) is 0 Å². The standard InChI is InChI=1S/C14H15ClN2S/c1-9-6-4-5-7-12(9)8-18-14-13(15)16-10(2)11(3)17-14/h4-7H,8H2,1-3H3. The van der Waals surface area contributed by atoms with Gasteiger partial charge in [0.15, 0.2) is 5.15 Å². The van der Waals surface area contributed by atoms with Gasteiger partial charge in [-0.05, 0) is 31.9 Å². The Labute approximate surface area is 117 Å². The predicted octanol–water partition coefficient (Wildman–Crippen LogP) is 4.35. The van der Waals surface area contributed by atoms with E-state index in [9.17, 15) is 0 Å². The molecule has 2 nitrogen and oxygen atoms in total. The first-order valence-corrected chi connectivity index (χ1v) is 7.12. The number of hydrogen-bond acceptors (Lipinski definition) is 3. The summed E-state index contributed by atoms with van der Waals surface area (Å²) in [6.07, 6.45) is 0. The van der Waals surface area contributed by atoms with Crippen molar-refractivity contribution in [1.29, 1.82) is 0 Å². The third-order valence-corrected chi connectivity index (χ3v) is 4.25. The Balaban J connectivity index is 2.16. The predicted molar refractivity (Wildman–Crippen MR) is 77.3 cm³/mol. The maximum absolute atomic E-state index is 6.11. The van der Waals surface area contributed by atoms with E-state index in [1.165, 1.54) is 11.1 Å². The second-order valence-electron chi connectivity index (χ2n) is 4.21. The van der Waals surface area contributed by atoms with Crippen LogP contribution in [-0.2, 0) is 5.75 Å². The lowest BCUT2D eigenvalue weighted by atomic mass is 10.1. The van der Waals surface area contributed by atoms with Crippen molar-refractivity contribution in [1.82, 2.24) is 9.97 Å². The van der Waals surface area contributed by atoms with Gasteiger partial charge in [0.25, 0.3) is 0 Å². The van der Waals surface area contributed by atoms with Gasteiger partial charge in [0.2, 0.25) is 0 Å². The summed E-state index contributed by atoms with van der Waals surface area (Å²) < 4.78 is 0. The molecular formula is C14H15ClN2S. The summed E-state index contributed by atoms with van der Waals surface area (Å²) in [5.41, 5.74) is 4.42. The Kier molecular flexibility index (Phi) is 4.25. The normalized spacial score (nSPS) is 10.7. The van der Waals surface area contributed by atoms with Gasteiger partial charge < -0.3 is 0 Å². The summed E-state index contributed by atoms with van der Waals surface area (Å²) >= 11 is 7.74. The van der Waals surface area contributed by atoms with Gasteiger partial charge in [-0.3, -0.25) is 0 Å². The summed E-state index contributed by atoms with van der Waals surface area (Å²) in [5.74, 6) is 0.865. The van der Waals surface area contributed by atoms with Crippen molar-refractivity contribution in [3.63, 3.8) is 0 Å². The molecule has 18 heavy (non-hydrogen) atoms. The minimum Gasteiger partial charge on any atom is -0.242 e. The average Bonchev–Trinajstić information content (AvgIpc) is 2.34. The molecule has 0 radical (unpaired) electrons. The molecular weight excluding hydrogens is 264 g/mol. The Bertz CT molecular complexity index is 570. The smallest absolute Gasteiger partial charge is 0.161 e. The summed E-state index contributed by atoms with van der Waals surface area (Å²) in [4.78, 5) is 8.78. The first kappa shape index (κ1) is 13.4. The van der Waals surface area contributed by atoms with Crippen molar-refractivity contribution in [2.45, 2.75) is 31.6 Å². The Morgan fingerprint density at radius 3 is 2.44 bits per heavy atom. The van der Waals surface area contributed by atoms with Crippen LogP contribution in [0.1, 0.15) is 22.5 Å². The number of rotatable bonds is 3. The van der Waals surface area contributed by atoms with E-state index < -0.39 is 0 Å². The van der Waals surface area contributed by atoms with Crippen LogP contribution in [0.25, 0.3) is 0 Å². The topological polar surface area (TPSA) is 25.8 Å². The van der Waals surface area contributed by atoms with Crippen LogP contribution >= 0.6 is 23.4 Å². The Morgan fingerprint density at radius 1 is 1.06 bits per heavy atom. The van der Waals surface area contributed by atoms with Crippen LogP contribution in [0.3, 0.4) is 0 Å². The van der Waals surface area contributed by atoms with Crippen molar-refractivity contribution in [2.75, 3.05) is 0 Å². The van der Waals surface area contributed by atoms with E-state index >= 15 is 0 Å². The highest BCUT2D eigenvalue weighted by molar-refractivity contribution is 7.98. The zero-order valence-corrected chi connectivity index (χ0v) is 12.3. The van der Waals surface area contributed by atoms with E-state index in [1.54, 1.807) is 11.8 Å². The number of benzene rings is 1. The molecule has 0 amide bonds. The minimum absolute atomic E-state index is 0.497. The molecule has 0 N–H and O–H groups in total. The fourth-order valence-corrected chi connectivity index (χ4v) is 2.88. The molecule has 0 spiro atoms. The molecule has 4 heteroatoms. The monoisotopic (exact) mass is 278 g/mol. The Hall–Kier alpha value is -1.06. The molecule has 0 unspecified atom stereocenters. The number of thioether (sulfide) groups is 1. The molecule has 0 aliphatic heterocycles. The molecule has 0 aliphatic carbocycles. The van der Waals surface area contributed by atoms with E-state index in [1.807, 2.05) is 19.9 Å². The lowest BCUT2D eigenvalue weighted by Gasteiger charge is -2.07. The van der Waals surface area contributed by atoms with Crippen molar-refractivity contribution >= 4 is 23.4 Å². The summed E-state index contributed by atoms with van der Waals surface area (Å²) in [5, 5.41) is 1.31. The molecule has 0 saturated heterocycles. The summed E-state index contributed by atoms with van der Waals surface area (Å²) in [6.45, 7) is 5.99. The third kappa shape index (κ3) is 3.03. The van der Waals surface area contributed by atoms with E-state index in [0.717, 1.165) is 22.2 Å². The summed E-state index contributed by atoms with van der Waals surface area (Å²) in [6, 6.07) is 8.34. The molecule has 0 fully saturated rings. The van der Waals surface area contributed by atoms with Crippen molar-refractivity contribution in [3.8, 4) is 0 Å². The third-order valence-electron chi connectivity index (χ3n) is 2.86. The van der Waals surface area contributed by atoms with E-state index in [2.05, 4.69) is 35.1 Å². The molecule has 1 aromatic heterocycles. The number of aryl methyl sites for hydroxylation is 3. The largest absolute Gasteiger partial charge is 0.242 e. The van der Waals surface area contributed by atoms with Crippen molar-refractivity contribution in [2.24, 2.45) is 0 Å². The molecule has 2 rings (SSSR count). The number of aromatic nitrogens is 2. The molecule has 2 aromatic rings. The molecule has 1 aromatic carbocycles. The first-order chi connectivity index (χ1) is 8.58. The molecule has 94 valence electrons. The van der Waals surface area contributed by atoms with Crippen LogP contribution in [0.15, 0.2) is 29.3 Å². The SMILES string of the molecule is Cc1ccccc1CSc1nc(C)c(C)nc1Cl. The fraction of sp³-hybridized carbons (Fsp3) is 0.286. The van der Waals surface area contributed by atoms with E-state index in [4.69, 9.17) is 11.6 Å². The van der Waals surface area contributed by atoms with Crippen LogP contribution in [-0.4, -0.2) is 9.97 Å². The number of hydrogen-bond donors (Lipinski definition) is 0. The second kappa shape index (κ2) is 5.72. The van der Waals surface area contributed by atoms with Gasteiger partial charge in [0.05, 0.1) is 11.4 Å². The highest BCUT2D eigenvalue weighted by atomic mass is 35.5. The van der Waals surface area contributed by atoms with Gasteiger partial charge in [0.1, 0.15) is 5.03 Å². The molecule has 0 bridgehead atoms. The summed E-state index contributed by atoms with van der Waals surface area (Å²) in [7, 11) is 0. The highest BCUT2D eigenvalue weighted by Crippen LogP contribution is 2.28. The zero-order chi connectivity index (χ0) is 13.1. The van der Waals surface area contributed by atoms with Gasteiger partial charge in [-0.2, -0.15) is 0 Å². The number of halogens is 1. The van der Waals surface area contributed by atoms with Gasteiger partial charge in [-0.25, -0.2) is 9.97 Å². The van der Waals surface area contributed by atoms with Gasteiger partial charge in [-0.15, -0.1) is 0 Å². The zero-order valence-electron chi connectivity index (χ0n) is 10.7. The molecule has 0 aliphatic rings. The lowest BCUT2D eigenvalue weighted by Crippen LogP contribution is -1.96. The molecule has 1 heterocycles. The molecule has 0 atom stereocenters. The van der Waals surface area contributed by atoms with E-state index in [0.29, 0.717) is 5.15 Å². The van der Waals surface area contributed by atoms with Crippen LogP contribution in [0.5, 0.6) is 0 Å². The molecule has 0 saturated carbocycles. The van der Waals surface area contributed by atoms with Crippen molar-refractivity contribution in [3.05, 3.63) is 51.9 Å². The van der Waals surface area contributed by atoms with Crippen LogP contribution < -0.4 is 0 Å². The van der Waals surface area contributed by atoms with Crippen LogP contribution in [0, 0.1) is 20.8 Å². The lowest BCUT2D eigenvalue weighted by molar-refractivity contribution is 0.957. The highest BCUT2D eigenvalue weighted by Gasteiger charge is 2.08. The van der Waals surface area contributed by atoms with Gasteiger partial charge >= 0.3 is 0 Å². The maximum atomic E-state index is 6.11. The Morgan fingerprint density at radius 2 is 1.72 bits per heavy atom. The van der Waals surface area contributed by atoms with Gasteiger partial charge in [-0.1, -0.05) is 47.6 Å². The van der Waals surface area contributed by atoms with Crippen LogP contribution in [0.2, 0.25) is 5.15 Å². The maximum Gasteiger partial charge on any atom is 0.161 e. The minimum atomic E-state index is 0.497. The first-order valence-electron chi connectivity index (χ1n) is 5.76. The fourth-order valence-electron chi connectivity index (χ4n) is 1.57. The van der Waals surface area contributed by atoms with Crippen molar-refractivity contribution < 1.29 is 0 Å². The number of nitrogens with zero attached hydrogens (tertiary/aromatic N) is 2. The van der Waals surface area contributed by atoms with Gasteiger partial charge in [0, 0.05) is 5.75 Å². The second-order valence-corrected chi connectivity index (χ2v) is 5.53. The van der Waals surface area contributed by atoms with E-state index in [-0.39, 0.29) is 0 Å².